The smallest absolute Gasteiger partial charge is 0.276 e. The maximum Gasteiger partial charge on any atom is 0.276 e. The lowest BCUT2D eigenvalue weighted by atomic mass is 10.1. The Kier molecular flexibility index (Phi) is 4.74. The summed E-state index contributed by atoms with van der Waals surface area (Å²) in [6.07, 6.45) is 2.34. The number of carbonyl (C=O) groups is 1. The first kappa shape index (κ1) is 15.7. The topological polar surface area (TPSA) is 63.5 Å². The second kappa shape index (κ2) is 6.36. The van der Waals surface area contributed by atoms with Crippen molar-refractivity contribution in [2.45, 2.75) is 26.3 Å². The minimum absolute atomic E-state index is 0.0219. The van der Waals surface area contributed by atoms with Gasteiger partial charge < -0.3 is 0 Å². The number of thioether (sulfide) groups is 1. The molecule has 0 saturated carbocycles. The third-order valence-electron chi connectivity index (χ3n) is 3.28. The van der Waals surface area contributed by atoms with Crippen LogP contribution in [-0.4, -0.2) is 26.1 Å². The predicted molar refractivity (Wildman–Crippen MR) is 87.9 cm³/mol. The van der Waals surface area contributed by atoms with Crippen molar-refractivity contribution in [2.24, 2.45) is 0 Å². The first-order valence-electron chi connectivity index (χ1n) is 6.46. The third kappa shape index (κ3) is 3.14. The zero-order chi connectivity index (χ0) is 15.6. The molecule has 110 valence electrons. The van der Waals surface area contributed by atoms with Crippen LogP contribution in [-0.2, 0) is 4.79 Å². The predicted octanol–water partition coefficient (Wildman–Crippen LogP) is 3.59. The molecule has 2 rings (SSSR count). The second-order valence-corrected chi connectivity index (χ2v) is 6.30. The number of nitrogens with zero attached hydrogens (tertiary/aromatic N) is 2. The van der Waals surface area contributed by atoms with E-state index in [0.29, 0.717) is 14.8 Å². The average Bonchev–Trinajstić information content (AvgIpc) is 2.73. The van der Waals surface area contributed by atoms with Gasteiger partial charge in [-0.25, -0.2) is 0 Å². The van der Waals surface area contributed by atoms with Crippen molar-refractivity contribution in [3.05, 3.63) is 44.8 Å². The number of amides is 1. The summed E-state index contributed by atoms with van der Waals surface area (Å²) < 4.78 is 0.499. The van der Waals surface area contributed by atoms with Gasteiger partial charge in [-0.05, 0) is 25.5 Å². The Bertz CT molecular complexity index is 643. The zero-order valence-electron chi connectivity index (χ0n) is 11.6. The molecule has 1 heterocycles. The highest BCUT2D eigenvalue weighted by Crippen LogP contribution is 2.35. The van der Waals surface area contributed by atoms with Crippen LogP contribution >= 0.6 is 24.0 Å². The van der Waals surface area contributed by atoms with E-state index in [2.05, 4.69) is 0 Å². The Balaban J connectivity index is 2.38. The van der Waals surface area contributed by atoms with Gasteiger partial charge in [-0.1, -0.05) is 43.0 Å². The molecule has 1 aliphatic rings. The van der Waals surface area contributed by atoms with Gasteiger partial charge in [0.15, 0.2) is 0 Å². The van der Waals surface area contributed by atoms with E-state index in [1.807, 2.05) is 13.8 Å². The van der Waals surface area contributed by atoms with Crippen molar-refractivity contribution in [3.8, 4) is 0 Å². The fourth-order valence-corrected chi connectivity index (χ4v) is 3.41. The fourth-order valence-electron chi connectivity index (χ4n) is 1.96. The molecule has 0 bridgehead atoms. The van der Waals surface area contributed by atoms with E-state index in [4.69, 9.17) is 12.2 Å². The molecule has 0 radical (unpaired) electrons. The van der Waals surface area contributed by atoms with E-state index >= 15 is 0 Å². The summed E-state index contributed by atoms with van der Waals surface area (Å²) in [7, 11) is 0. The highest BCUT2D eigenvalue weighted by atomic mass is 32.2. The molecule has 1 aliphatic heterocycles. The zero-order valence-corrected chi connectivity index (χ0v) is 13.2. The van der Waals surface area contributed by atoms with Gasteiger partial charge in [0.05, 0.1) is 15.4 Å². The SMILES string of the molecule is CC[C@H](C)N1C(=O)/C(=C/c2ccccc2[N+](=O)[O-])SC1=S. The number of rotatable bonds is 4. The van der Waals surface area contributed by atoms with Gasteiger partial charge in [0.25, 0.3) is 11.6 Å². The van der Waals surface area contributed by atoms with Crippen LogP contribution in [0, 0.1) is 10.1 Å². The minimum atomic E-state index is -0.457. The van der Waals surface area contributed by atoms with Crippen LogP contribution in [0.4, 0.5) is 5.69 Å². The van der Waals surface area contributed by atoms with Gasteiger partial charge in [0.1, 0.15) is 4.32 Å². The fraction of sp³-hybridized carbons (Fsp3) is 0.286. The molecule has 7 heteroatoms. The Morgan fingerprint density at radius 1 is 1.48 bits per heavy atom. The Labute approximate surface area is 132 Å². The van der Waals surface area contributed by atoms with Crippen molar-refractivity contribution >= 4 is 46.0 Å². The van der Waals surface area contributed by atoms with Crippen molar-refractivity contribution in [1.29, 1.82) is 0 Å². The molecule has 0 aromatic heterocycles. The van der Waals surface area contributed by atoms with Gasteiger partial charge in [-0.2, -0.15) is 0 Å². The van der Waals surface area contributed by atoms with Gasteiger partial charge in [0.2, 0.25) is 0 Å². The maximum absolute atomic E-state index is 12.4. The molecule has 21 heavy (non-hydrogen) atoms. The largest absolute Gasteiger partial charge is 0.290 e. The summed E-state index contributed by atoms with van der Waals surface area (Å²) >= 11 is 6.42. The van der Waals surface area contributed by atoms with Crippen LogP contribution in [0.15, 0.2) is 29.2 Å². The summed E-state index contributed by atoms with van der Waals surface area (Å²) in [6, 6.07) is 6.36. The number of nitro groups is 1. The second-order valence-electron chi connectivity index (χ2n) is 4.62. The molecule has 0 spiro atoms. The molecule has 1 saturated heterocycles. The molecule has 0 unspecified atom stereocenters. The summed E-state index contributed by atoms with van der Waals surface area (Å²) in [5, 5.41) is 11.0. The Hall–Kier alpha value is -1.73. The number of benzene rings is 1. The highest BCUT2D eigenvalue weighted by Gasteiger charge is 2.35. The quantitative estimate of drug-likeness (QED) is 0.367. The molecule has 1 amide bonds. The summed E-state index contributed by atoms with van der Waals surface area (Å²) in [4.78, 5) is 24.9. The third-order valence-corrected chi connectivity index (χ3v) is 4.61. The number of nitro benzene ring substituents is 1. The van der Waals surface area contributed by atoms with Crippen molar-refractivity contribution in [2.75, 3.05) is 0 Å². The number of hydrogen-bond acceptors (Lipinski definition) is 5. The number of carbonyl (C=O) groups excluding carboxylic acids is 1. The molecule has 5 nitrogen and oxygen atoms in total. The standard InChI is InChI=1S/C14H14N2O3S2/c1-3-9(2)15-13(17)12(21-14(15)20)8-10-6-4-5-7-11(10)16(18)19/h4-9H,3H2,1-2H3/b12-8-/t9-/m0/s1. The lowest BCUT2D eigenvalue weighted by Crippen LogP contribution is -2.36. The van der Waals surface area contributed by atoms with E-state index in [-0.39, 0.29) is 17.6 Å². The molecule has 1 aromatic rings. The first-order valence-corrected chi connectivity index (χ1v) is 7.68. The van der Waals surface area contributed by atoms with Gasteiger partial charge in [0, 0.05) is 12.1 Å². The van der Waals surface area contributed by atoms with E-state index in [1.165, 1.54) is 17.8 Å². The molecular formula is C14H14N2O3S2. The number of hydrogen-bond donors (Lipinski definition) is 0. The summed E-state index contributed by atoms with van der Waals surface area (Å²) in [5.74, 6) is -0.183. The van der Waals surface area contributed by atoms with E-state index in [1.54, 1.807) is 29.2 Å². The molecule has 0 N–H and O–H groups in total. The van der Waals surface area contributed by atoms with Crippen LogP contribution < -0.4 is 0 Å². The van der Waals surface area contributed by atoms with Crippen LogP contribution in [0.25, 0.3) is 6.08 Å². The lowest BCUT2D eigenvalue weighted by molar-refractivity contribution is -0.385. The van der Waals surface area contributed by atoms with Gasteiger partial charge in [-0.3, -0.25) is 19.8 Å². The molecule has 1 atom stereocenters. The summed E-state index contributed by atoms with van der Waals surface area (Å²) in [6.45, 7) is 3.91. The van der Waals surface area contributed by atoms with Gasteiger partial charge in [-0.15, -0.1) is 0 Å². The van der Waals surface area contributed by atoms with Crippen LogP contribution in [0.5, 0.6) is 0 Å². The monoisotopic (exact) mass is 322 g/mol. The number of para-hydroxylation sites is 1. The van der Waals surface area contributed by atoms with Crippen LogP contribution in [0.1, 0.15) is 25.8 Å². The van der Waals surface area contributed by atoms with E-state index in [0.717, 1.165) is 6.42 Å². The first-order chi connectivity index (χ1) is 9.95. The maximum atomic E-state index is 12.4. The highest BCUT2D eigenvalue weighted by molar-refractivity contribution is 8.26. The van der Waals surface area contributed by atoms with Crippen LogP contribution in [0.2, 0.25) is 0 Å². The molecular weight excluding hydrogens is 308 g/mol. The average molecular weight is 322 g/mol. The summed E-state index contributed by atoms with van der Waals surface area (Å²) in [5.41, 5.74) is 0.387. The molecule has 1 aromatic carbocycles. The lowest BCUT2D eigenvalue weighted by Gasteiger charge is -2.21. The van der Waals surface area contributed by atoms with Crippen molar-refractivity contribution in [1.82, 2.24) is 4.90 Å². The molecule has 0 aliphatic carbocycles. The van der Waals surface area contributed by atoms with Crippen molar-refractivity contribution < 1.29 is 9.72 Å². The van der Waals surface area contributed by atoms with Gasteiger partial charge >= 0.3 is 0 Å². The van der Waals surface area contributed by atoms with Crippen LogP contribution in [0.3, 0.4) is 0 Å². The van der Waals surface area contributed by atoms with E-state index < -0.39 is 4.92 Å². The Morgan fingerprint density at radius 3 is 2.76 bits per heavy atom. The Morgan fingerprint density at radius 2 is 2.14 bits per heavy atom. The number of thiocarbonyl (C=S) groups is 1. The minimum Gasteiger partial charge on any atom is -0.290 e. The molecule has 1 fully saturated rings. The normalized spacial score (nSPS) is 18.4. The van der Waals surface area contributed by atoms with Crippen molar-refractivity contribution in [3.63, 3.8) is 0 Å². The van der Waals surface area contributed by atoms with E-state index in [9.17, 15) is 14.9 Å².